The quantitative estimate of drug-likeness (QED) is 0.0686. The summed E-state index contributed by atoms with van der Waals surface area (Å²) >= 11 is 0. The van der Waals surface area contributed by atoms with E-state index >= 15 is 0 Å². The first-order chi connectivity index (χ1) is 18.9. The van der Waals surface area contributed by atoms with Crippen LogP contribution in [0.5, 0.6) is 0 Å². The van der Waals surface area contributed by atoms with E-state index in [9.17, 15) is 9.59 Å². The molecule has 0 aromatic heterocycles. The third kappa shape index (κ3) is 22.5. The van der Waals surface area contributed by atoms with Crippen molar-refractivity contribution in [2.75, 3.05) is 13.2 Å². The lowest BCUT2D eigenvalue weighted by molar-refractivity contribution is -0.128. The maximum absolute atomic E-state index is 12.9. The van der Waals surface area contributed by atoms with Crippen LogP contribution in [0, 0.1) is 22.2 Å². The van der Waals surface area contributed by atoms with Crippen LogP contribution in [0.2, 0.25) is 0 Å². The summed E-state index contributed by atoms with van der Waals surface area (Å²) in [6, 6.07) is 0. The van der Waals surface area contributed by atoms with Crippen LogP contribution in [0.4, 0.5) is 0 Å². The average molecular weight is 579 g/mol. The maximum Gasteiger partial charge on any atom is 0.138 e. The summed E-state index contributed by atoms with van der Waals surface area (Å²) in [7, 11) is 0. The van der Waals surface area contributed by atoms with E-state index in [0.717, 1.165) is 88.5 Å². The van der Waals surface area contributed by atoms with Gasteiger partial charge in [0.05, 0.1) is 11.4 Å². The molecule has 0 amide bonds. The SMILES string of the molecule is C/C(CCC(C)CCC(C)(C)C(=O)CCCCCO/N=C(\C)CCC(C)(C)C)=N\OCCCCCC(=O)C(C)(C)C. The fourth-order valence-electron chi connectivity index (χ4n) is 4.28. The van der Waals surface area contributed by atoms with Gasteiger partial charge in [0.25, 0.3) is 0 Å². The van der Waals surface area contributed by atoms with Crippen molar-refractivity contribution in [1.82, 2.24) is 0 Å². The molecule has 0 fully saturated rings. The highest BCUT2D eigenvalue weighted by Gasteiger charge is 2.27. The van der Waals surface area contributed by atoms with E-state index in [4.69, 9.17) is 9.68 Å². The van der Waals surface area contributed by atoms with Crippen LogP contribution in [0.1, 0.15) is 166 Å². The van der Waals surface area contributed by atoms with Gasteiger partial charge in [-0.1, -0.05) is 72.6 Å². The van der Waals surface area contributed by atoms with Gasteiger partial charge in [0, 0.05) is 23.7 Å². The second-order valence-corrected chi connectivity index (χ2v) is 15.2. The third-order valence-electron chi connectivity index (χ3n) is 7.81. The molecule has 41 heavy (non-hydrogen) atoms. The van der Waals surface area contributed by atoms with E-state index in [1.807, 2.05) is 34.6 Å². The first-order valence-corrected chi connectivity index (χ1v) is 16.3. The first-order valence-electron chi connectivity index (χ1n) is 16.3. The molecule has 0 heterocycles. The van der Waals surface area contributed by atoms with Crippen LogP contribution in [0.25, 0.3) is 0 Å². The summed E-state index contributed by atoms with van der Waals surface area (Å²) < 4.78 is 0. The van der Waals surface area contributed by atoms with Crippen molar-refractivity contribution in [2.24, 2.45) is 32.5 Å². The van der Waals surface area contributed by atoms with Gasteiger partial charge >= 0.3 is 0 Å². The number of carbonyl (C=O) groups is 2. The number of Topliss-reactive ketones (excluding diaryl/α,β-unsaturated/α-hetero) is 2. The largest absolute Gasteiger partial charge is 0.396 e. The Labute approximate surface area is 253 Å². The number of hydrogen-bond acceptors (Lipinski definition) is 6. The molecule has 0 aliphatic rings. The van der Waals surface area contributed by atoms with Crippen molar-refractivity contribution in [3.63, 3.8) is 0 Å². The number of nitrogens with zero attached hydrogens (tertiary/aromatic N) is 2. The second kappa shape index (κ2) is 20.2. The molecule has 0 saturated carbocycles. The minimum Gasteiger partial charge on any atom is -0.396 e. The number of carbonyl (C=O) groups excluding carboxylic acids is 2. The van der Waals surface area contributed by atoms with E-state index in [-0.39, 0.29) is 10.8 Å². The van der Waals surface area contributed by atoms with Gasteiger partial charge in [0.15, 0.2) is 0 Å². The summed E-state index contributed by atoms with van der Waals surface area (Å²) in [5.74, 6) is 1.24. The molecule has 6 heteroatoms. The molecule has 0 rings (SSSR count). The highest BCUT2D eigenvalue weighted by atomic mass is 16.6. The van der Waals surface area contributed by atoms with Crippen molar-refractivity contribution in [1.29, 1.82) is 0 Å². The molecule has 0 N–H and O–H groups in total. The zero-order chi connectivity index (χ0) is 31.5. The van der Waals surface area contributed by atoms with Gasteiger partial charge in [-0.15, -0.1) is 0 Å². The molecule has 0 aromatic carbocycles. The second-order valence-electron chi connectivity index (χ2n) is 15.2. The molecule has 0 spiro atoms. The molecule has 0 saturated heterocycles. The van der Waals surface area contributed by atoms with E-state index in [2.05, 4.69) is 51.9 Å². The highest BCUT2D eigenvalue weighted by molar-refractivity contribution is 5.84. The number of hydrogen-bond donors (Lipinski definition) is 0. The number of unbranched alkanes of at least 4 members (excludes halogenated alkanes) is 4. The van der Waals surface area contributed by atoms with Gasteiger partial charge in [-0.05, 0) is 102 Å². The Morgan fingerprint density at radius 1 is 0.610 bits per heavy atom. The zero-order valence-electron chi connectivity index (χ0n) is 28.9. The minimum absolute atomic E-state index is 0.239. The van der Waals surface area contributed by atoms with Crippen LogP contribution in [-0.4, -0.2) is 36.2 Å². The fraction of sp³-hybridized carbons (Fsp3) is 0.886. The van der Waals surface area contributed by atoms with Gasteiger partial charge in [-0.2, -0.15) is 0 Å². The molecule has 1 unspecified atom stereocenters. The lowest BCUT2D eigenvalue weighted by Gasteiger charge is -2.25. The molecule has 240 valence electrons. The van der Waals surface area contributed by atoms with Crippen LogP contribution in [0.3, 0.4) is 0 Å². The topological polar surface area (TPSA) is 77.3 Å². The average Bonchev–Trinajstić information content (AvgIpc) is 2.87. The van der Waals surface area contributed by atoms with Crippen LogP contribution >= 0.6 is 0 Å². The molecule has 0 bridgehead atoms. The lowest BCUT2D eigenvalue weighted by atomic mass is 9.79. The Morgan fingerprint density at radius 3 is 1.59 bits per heavy atom. The predicted octanol–water partition coefficient (Wildman–Crippen LogP) is 10.1. The lowest BCUT2D eigenvalue weighted by Crippen LogP contribution is -2.24. The first kappa shape index (κ1) is 39.3. The Bertz CT molecular complexity index is 800. The molecule has 0 aliphatic heterocycles. The van der Waals surface area contributed by atoms with E-state index < -0.39 is 0 Å². The van der Waals surface area contributed by atoms with Gasteiger partial charge in [-0.3, -0.25) is 9.59 Å². The smallest absolute Gasteiger partial charge is 0.138 e. The van der Waals surface area contributed by atoms with E-state index in [1.54, 1.807) is 0 Å². The van der Waals surface area contributed by atoms with Crippen LogP contribution < -0.4 is 0 Å². The molecular formula is C35H66N2O4. The number of ketones is 2. The monoisotopic (exact) mass is 579 g/mol. The zero-order valence-corrected chi connectivity index (χ0v) is 28.9. The maximum atomic E-state index is 12.9. The molecular weight excluding hydrogens is 512 g/mol. The third-order valence-corrected chi connectivity index (χ3v) is 7.81. The highest BCUT2D eigenvalue weighted by Crippen LogP contribution is 2.29. The fourth-order valence-corrected chi connectivity index (χ4v) is 4.28. The van der Waals surface area contributed by atoms with Gasteiger partial charge in [0.2, 0.25) is 0 Å². The molecule has 0 radical (unpaired) electrons. The standard InChI is InChI=1S/C35H66N2O4/c1-28(20-21-29(2)36-40-26-16-12-14-18-31(38)34(7,8)9)22-25-35(10,11)32(39)19-15-13-17-27-41-37-30(3)23-24-33(4,5)6/h28H,12-27H2,1-11H3/b36-29+,37-30+. The van der Waals surface area contributed by atoms with Crippen molar-refractivity contribution < 1.29 is 19.3 Å². The molecule has 0 aliphatic carbocycles. The Morgan fingerprint density at radius 2 is 1.10 bits per heavy atom. The van der Waals surface area contributed by atoms with Crippen molar-refractivity contribution >= 4 is 23.0 Å². The Balaban J connectivity index is 4.00. The predicted molar refractivity (Wildman–Crippen MR) is 175 cm³/mol. The number of oxime groups is 2. The van der Waals surface area contributed by atoms with Crippen molar-refractivity contribution in [3.05, 3.63) is 0 Å². The Hall–Kier alpha value is -1.72. The van der Waals surface area contributed by atoms with Crippen LogP contribution in [0.15, 0.2) is 10.3 Å². The summed E-state index contributed by atoms with van der Waals surface area (Å²) in [6.45, 7) is 24.4. The van der Waals surface area contributed by atoms with Gasteiger partial charge in [0.1, 0.15) is 24.8 Å². The van der Waals surface area contributed by atoms with Gasteiger partial charge in [-0.25, -0.2) is 0 Å². The summed E-state index contributed by atoms with van der Waals surface area (Å²) in [6.07, 6.45) is 13.0. The van der Waals surface area contributed by atoms with Gasteiger partial charge < -0.3 is 9.68 Å². The summed E-state index contributed by atoms with van der Waals surface area (Å²) in [5, 5.41) is 8.50. The van der Waals surface area contributed by atoms with Crippen molar-refractivity contribution in [2.45, 2.75) is 166 Å². The summed E-state index contributed by atoms with van der Waals surface area (Å²) in [4.78, 5) is 35.8. The molecule has 0 aromatic rings. The summed E-state index contributed by atoms with van der Waals surface area (Å²) in [5.41, 5.74) is 1.87. The van der Waals surface area contributed by atoms with Crippen LogP contribution in [-0.2, 0) is 19.3 Å². The number of rotatable bonds is 23. The molecule has 1 atom stereocenters. The minimum atomic E-state index is -0.275. The van der Waals surface area contributed by atoms with E-state index in [0.29, 0.717) is 49.0 Å². The van der Waals surface area contributed by atoms with Crippen molar-refractivity contribution in [3.8, 4) is 0 Å². The normalized spacial score (nSPS) is 14.2. The molecule has 6 nitrogen and oxygen atoms in total. The Kier molecular flexibility index (Phi) is 19.4. The van der Waals surface area contributed by atoms with E-state index in [1.165, 1.54) is 0 Å².